The number of alkyl halides is 3. The van der Waals surface area contributed by atoms with Gasteiger partial charge in [-0.2, -0.15) is 13.2 Å². The number of carbonyl (C=O) groups excluding carboxylic acids is 2. The molecule has 2 heterocycles. The van der Waals surface area contributed by atoms with Gasteiger partial charge >= 0.3 is 12.2 Å². The second kappa shape index (κ2) is 10.7. The fraction of sp³-hybridized carbons (Fsp3) is 0.478. The van der Waals surface area contributed by atoms with E-state index in [-0.39, 0.29) is 36.8 Å². The zero-order valence-corrected chi connectivity index (χ0v) is 18.6. The van der Waals surface area contributed by atoms with Gasteiger partial charge in [0, 0.05) is 24.9 Å². The van der Waals surface area contributed by atoms with Crippen LogP contribution in [0.1, 0.15) is 38.0 Å². The highest BCUT2D eigenvalue weighted by Gasteiger charge is 2.31. The van der Waals surface area contributed by atoms with Crippen LogP contribution in [0, 0.1) is 0 Å². The van der Waals surface area contributed by atoms with Gasteiger partial charge in [0.1, 0.15) is 12.3 Å². The van der Waals surface area contributed by atoms with Crippen LogP contribution < -0.4 is 5.32 Å². The predicted octanol–water partition coefficient (Wildman–Crippen LogP) is 4.75. The molecule has 1 atom stereocenters. The summed E-state index contributed by atoms with van der Waals surface area (Å²) >= 11 is 0. The molecular formula is C23H28F3N3O4. The third-order valence-electron chi connectivity index (χ3n) is 5.36. The molecule has 1 aliphatic heterocycles. The van der Waals surface area contributed by atoms with Gasteiger partial charge in [0.2, 0.25) is 5.91 Å². The Hall–Kier alpha value is -3.01. The van der Waals surface area contributed by atoms with Crippen LogP contribution in [0.5, 0.6) is 0 Å². The molecule has 7 nitrogen and oxygen atoms in total. The number of anilines is 1. The Balaban J connectivity index is 1.70. The van der Waals surface area contributed by atoms with Crippen LogP contribution in [0.3, 0.4) is 0 Å². The van der Waals surface area contributed by atoms with Crippen molar-refractivity contribution in [3.8, 4) is 0 Å². The fourth-order valence-corrected chi connectivity index (χ4v) is 3.58. The first-order chi connectivity index (χ1) is 15.6. The van der Waals surface area contributed by atoms with Crippen LogP contribution in [-0.2, 0) is 22.3 Å². The lowest BCUT2D eigenvalue weighted by Crippen LogP contribution is -2.48. The van der Waals surface area contributed by atoms with Crippen molar-refractivity contribution in [2.45, 2.75) is 51.6 Å². The van der Waals surface area contributed by atoms with E-state index in [0.29, 0.717) is 18.9 Å². The minimum atomic E-state index is -4.52. The molecule has 1 unspecified atom stereocenters. The first kappa shape index (κ1) is 24.6. The first-order valence-corrected chi connectivity index (χ1v) is 10.8. The van der Waals surface area contributed by atoms with Crippen molar-refractivity contribution in [1.29, 1.82) is 0 Å². The van der Waals surface area contributed by atoms with Gasteiger partial charge in [0.05, 0.1) is 24.5 Å². The number of hydrogen-bond donors (Lipinski definition) is 1. The molecule has 180 valence electrons. The van der Waals surface area contributed by atoms with Crippen LogP contribution >= 0.6 is 0 Å². The normalized spacial score (nSPS) is 16.1. The van der Waals surface area contributed by atoms with Gasteiger partial charge in [0.15, 0.2) is 0 Å². The lowest BCUT2D eigenvalue weighted by molar-refractivity contribution is -0.137. The Morgan fingerprint density at radius 3 is 2.61 bits per heavy atom. The SMILES string of the molecule is CC(C)N(CC(=O)N(Cc1ccco1)CC1CCCO1)C(=O)Nc1cccc(C(F)(F)F)c1. The summed E-state index contributed by atoms with van der Waals surface area (Å²) in [5, 5.41) is 2.47. The number of nitrogens with zero attached hydrogens (tertiary/aromatic N) is 2. The average Bonchev–Trinajstić information content (AvgIpc) is 3.45. The van der Waals surface area contributed by atoms with Gasteiger partial charge in [0.25, 0.3) is 0 Å². The number of amides is 3. The maximum Gasteiger partial charge on any atom is 0.416 e. The fourth-order valence-electron chi connectivity index (χ4n) is 3.58. The van der Waals surface area contributed by atoms with Gasteiger partial charge in [-0.05, 0) is 57.0 Å². The molecule has 3 rings (SSSR count). The minimum absolute atomic E-state index is 0.000258. The van der Waals surface area contributed by atoms with Crippen LogP contribution in [0.15, 0.2) is 47.1 Å². The van der Waals surface area contributed by atoms with Gasteiger partial charge in [-0.25, -0.2) is 4.79 Å². The predicted molar refractivity (Wildman–Crippen MR) is 115 cm³/mol. The Labute approximate surface area is 190 Å². The quantitative estimate of drug-likeness (QED) is 0.608. The van der Waals surface area contributed by atoms with Gasteiger partial charge in [-0.1, -0.05) is 6.07 Å². The van der Waals surface area contributed by atoms with Gasteiger partial charge in [-0.3, -0.25) is 4.79 Å². The number of urea groups is 1. The van der Waals surface area contributed by atoms with E-state index in [2.05, 4.69) is 5.32 Å². The third kappa shape index (κ3) is 6.98. The van der Waals surface area contributed by atoms with Crippen molar-refractivity contribution in [3.05, 3.63) is 54.0 Å². The third-order valence-corrected chi connectivity index (χ3v) is 5.36. The molecule has 1 N–H and O–H groups in total. The minimum Gasteiger partial charge on any atom is -0.467 e. The summed E-state index contributed by atoms with van der Waals surface area (Å²) in [6.45, 7) is 4.46. The summed E-state index contributed by atoms with van der Waals surface area (Å²) in [5.74, 6) is 0.292. The molecule has 10 heteroatoms. The van der Waals surface area contributed by atoms with E-state index in [1.165, 1.54) is 23.3 Å². The Morgan fingerprint density at radius 1 is 1.21 bits per heavy atom. The van der Waals surface area contributed by atoms with E-state index < -0.39 is 17.8 Å². The van der Waals surface area contributed by atoms with Crippen LogP contribution in [0.4, 0.5) is 23.7 Å². The number of benzene rings is 1. The Morgan fingerprint density at radius 2 is 2.00 bits per heavy atom. The highest BCUT2D eigenvalue weighted by Crippen LogP contribution is 2.30. The number of ether oxygens (including phenoxy) is 1. The lowest BCUT2D eigenvalue weighted by Gasteiger charge is -2.31. The molecular weight excluding hydrogens is 439 g/mol. The number of nitrogens with one attached hydrogen (secondary N) is 1. The van der Waals surface area contributed by atoms with Crippen LogP contribution in [0.25, 0.3) is 0 Å². The van der Waals surface area contributed by atoms with E-state index >= 15 is 0 Å². The molecule has 3 amide bonds. The highest BCUT2D eigenvalue weighted by molar-refractivity contribution is 5.92. The number of hydrogen-bond acceptors (Lipinski definition) is 4. The van der Waals surface area contributed by atoms with Crippen LogP contribution in [-0.4, -0.2) is 53.6 Å². The van der Waals surface area contributed by atoms with E-state index in [1.807, 2.05) is 0 Å². The van der Waals surface area contributed by atoms with E-state index in [0.717, 1.165) is 25.0 Å². The summed E-state index contributed by atoms with van der Waals surface area (Å²) in [6, 6.07) is 6.84. The molecule has 1 aromatic carbocycles. The molecule has 0 saturated carbocycles. The highest BCUT2D eigenvalue weighted by atomic mass is 19.4. The molecule has 0 spiro atoms. The maximum atomic E-state index is 13.2. The molecule has 1 aliphatic rings. The second-order valence-electron chi connectivity index (χ2n) is 8.22. The van der Waals surface area contributed by atoms with E-state index in [1.54, 1.807) is 30.9 Å². The second-order valence-corrected chi connectivity index (χ2v) is 8.22. The lowest BCUT2D eigenvalue weighted by atomic mass is 10.2. The number of carbonyl (C=O) groups is 2. The summed E-state index contributed by atoms with van der Waals surface area (Å²) < 4.78 is 50.0. The molecule has 1 fully saturated rings. The standard InChI is InChI=1S/C23H28F3N3O4/c1-16(2)29(22(31)27-18-7-3-6-17(12-18)23(24,25)26)15-21(30)28(13-19-8-4-10-32-19)14-20-9-5-11-33-20/h3-4,6-8,10,12,16,20H,5,9,11,13-15H2,1-2H3,(H,27,31). The van der Waals surface area contributed by atoms with Crippen molar-refractivity contribution in [2.24, 2.45) is 0 Å². The van der Waals surface area contributed by atoms with Crippen molar-refractivity contribution >= 4 is 17.6 Å². The summed E-state index contributed by atoms with van der Waals surface area (Å²) in [4.78, 5) is 28.9. The zero-order valence-electron chi connectivity index (χ0n) is 18.6. The average molecular weight is 467 g/mol. The van der Waals surface area contributed by atoms with E-state index in [4.69, 9.17) is 9.15 Å². The molecule has 1 saturated heterocycles. The monoisotopic (exact) mass is 467 g/mol. The van der Waals surface area contributed by atoms with Gasteiger partial charge < -0.3 is 24.3 Å². The molecule has 0 radical (unpaired) electrons. The van der Waals surface area contributed by atoms with Crippen molar-refractivity contribution < 1.29 is 31.9 Å². The van der Waals surface area contributed by atoms with E-state index in [9.17, 15) is 22.8 Å². The largest absolute Gasteiger partial charge is 0.467 e. The Bertz CT molecular complexity index is 925. The van der Waals surface area contributed by atoms with Crippen LogP contribution in [0.2, 0.25) is 0 Å². The molecule has 1 aromatic heterocycles. The molecule has 33 heavy (non-hydrogen) atoms. The first-order valence-electron chi connectivity index (χ1n) is 10.8. The summed E-state index contributed by atoms with van der Waals surface area (Å²) in [5.41, 5.74) is -0.867. The maximum absolute atomic E-state index is 13.2. The van der Waals surface area contributed by atoms with Crippen molar-refractivity contribution in [2.75, 3.05) is 25.0 Å². The zero-order chi connectivity index (χ0) is 24.0. The smallest absolute Gasteiger partial charge is 0.416 e. The van der Waals surface area contributed by atoms with Crippen molar-refractivity contribution in [3.63, 3.8) is 0 Å². The number of furan rings is 1. The molecule has 2 aromatic rings. The number of halogens is 3. The molecule has 0 bridgehead atoms. The summed E-state index contributed by atoms with van der Waals surface area (Å²) in [6.07, 6.45) is -1.33. The topological polar surface area (TPSA) is 75.0 Å². The van der Waals surface area contributed by atoms with Crippen molar-refractivity contribution in [1.82, 2.24) is 9.80 Å². The molecule has 0 aliphatic carbocycles. The Kier molecular flexibility index (Phi) is 8.01. The van der Waals surface area contributed by atoms with Gasteiger partial charge in [-0.15, -0.1) is 0 Å². The summed E-state index contributed by atoms with van der Waals surface area (Å²) in [7, 11) is 0. The number of rotatable bonds is 8.